The highest BCUT2D eigenvalue weighted by atomic mass is 32.1. The summed E-state index contributed by atoms with van der Waals surface area (Å²) in [5, 5.41) is 12.6. The number of benzene rings is 1. The number of aliphatic carboxylic acids is 1. The number of hydrogen-bond acceptors (Lipinski definition) is 4. The van der Waals surface area contributed by atoms with E-state index in [9.17, 15) is 14.7 Å². The number of aromatic nitrogens is 1. The smallest absolute Gasteiger partial charge is 0.326 e. The SMILES string of the molecule is Cc1nc(Cc2ccccc2)sc1C(=O)N[C@@H](C(=O)O)C(C)C. The zero-order chi connectivity index (χ0) is 17.0. The summed E-state index contributed by atoms with van der Waals surface area (Å²) >= 11 is 1.31. The molecule has 2 aromatic rings. The standard InChI is InChI=1S/C17H20N2O3S/c1-10(2)14(17(21)22)19-16(20)15-11(3)18-13(23-15)9-12-7-5-4-6-8-12/h4-8,10,14H,9H2,1-3H3,(H,19,20)(H,21,22)/t14-/m1/s1. The Morgan fingerprint density at radius 1 is 1.26 bits per heavy atom. The van der Waals surface area contributed by atoms with Crippen LogP contribution in [-0.2, 0) is 11.2 Å². The van der Waals surface area contributed by atoms with Crippen molar-refractivity contribution in [3.63, 3.8) is 0 Å². The summed E-state index contributed by atoms with van der Waals surface area (Å²) in [6.45, 7) is 5.30. The summed E-state index contributed by atoms with van der Waals surface area (Å²) in [5.74, 6) is -1.59. The van der Waals surface area contributed by atoms with Gasteiger partial charge in [-0.15, -0.1) is 11.3 Å². The minimum absolute atomic E-state index is 0.187. The average Bonchev–Trinajstić information content (AvgIpc) is 2.85. The summed E-state index contributed by atoms with van der Waals surface area (Å²) in [4.78, 5) is 28.5. The Bertz CT molecular complexity index is 695. The lowest BCUT2D eigenvalue weighted by Crippen LogP contribution is -2.44. The van der Waals surface area contributed by atoms with E-state index in [1.807, 2.05) is 30.3 Å². The quantitative estimate of drug-likeness (QED) is 0.852. The highest BCUT2D eigenvalue weighted by molar-refractivity contribution is 7.13. The number of carbonyl (C=O) groups is 2. The second kappa shape index (κ2) is 7.37. The van der Waals surface area contributed by atoms with E-state index in [1.54, 1.807) is 20.8 Å². The zero-order valence-electron chi connectivity index (χ0n) is 13.4. The molecule has 23 heavy (non-hydrogen) atoms. The van der Waals surface area contributed by atoms with Gasteiger partial charge in [-0.3, -0.25) is 4.79 Å². The van der Waals surface area contributed by atoms with Gasteiger partial charge in [-0.1, -0.05) is 44.2 Å². The molecule has 1 aromatic heterocycles. The van der Waals surface area contributed by atoms with Crippen LogP contribution in [-0.4, -0.2) is 28.0 Å². The predicted molar refractivity (Wildman–Crippen MR) is 89.8 cm³/mol. The molecule has 0 fully saturated rings. The van der Waals surface area contributed by atoms with Gasteiger partial charge in [0.15, 0.2) is 0 Å². The Morgan fingerprint density at radius 3 is 2.48 bits per heavy atom. The van der Waals surface area contributed by atoms with E-state index in [2.05, 4.69) is 10.3 Å². The fourth-order valence-electron chi connectivity index (χ4n) is 2.23. The van der Waals surface area contributed by atoms with E-state index in [0.29, 0.717) is 17.0 Å². The Morgan fingerprint density at radius 2 is 1.91 bits per heavy atom. The molecule has 2 N–H and O–H groups in total. The van der Waals surface area contributed by atoms with E-state index < -0.39 is 12.0 Å². The van der Waals surface area contributed by atoms with Crippen molar-refractivity contribution >= 4 is 23.2 Å². The normalized spacial score (nSPS) is 12.2. The van der Waals surface area contributed by atoms with Crippen LogP contribution in [0.25, 0.3) is 0 Å². The molecule has 122 valence electrons. The van der Waals surface area contributed by atoms with E-state index in [-0.39, 0.29) is 11.8 Å². The minimum atomic E-state index is -1.03. The van der Waals surface area contributed by atoms with Gasteiger partial charge >= 0.3 is 5.97 Å². The monoisotopic (exact) mass is 332 g/mol. The number of nitrogens with zero attached hydrogens (tertiary/aromatic N) is 1. The van der Waals surface area contributed by atoms with Gasteiger partial charge in [0.25, 0.3) is 5.91 Å². The lowest BCUT2D eigenvalue weighted by atomic mass is 10.0. The third-order valence-corrected chi connectivity index (χ3v) is 4.62. The number of carbonyl (C=O) groups excluding carboxylic acids is 1. The van der Waals surface area contributed by atoms with Gasteiger partial charge in [-0.05, 0) is 18.4 Å². The molecule has 0 saturated carbocycles. The van der Waals surface area contributed by atoms with Crippen LogP contribution in [0.3, 0.4) is 0 Å². The first-order valence-corrected chi connectivity index (χ1v) is 8.24. The number of hydrogen-bond donors (Lipinski definition) is 2. The number of carboxylic acids is 1. The van der Waals surface area contributed by atoms with Crippen LogP contribution in [0.5, 0.6) is 0 Å². The number of carboxylic acid groups (broad SMARTS) is 1. The molecule has 1 aromatic carbocycles. The molecule has 1 amide bonds. The summed E-state index contributed by atoms with van der Waals surface area (Å²) in [6.07, 6.45) is 0.659. The maximum absolute atomic E-state index is 12.3. The van der Waals surface area contributed by atoms with Gasteiger partial charge in [0.05, 0.1) is 10.7 Å². The van der Waals surface area contributed by atoms with Gasteiger partial charge in [-0.25, -0.2) is 9.78 Å². The van der Waals surface area contributed by atoms with Crippen molar-refractivity contribution in [1.29, 1.82) is 0 Å². The molecule has 1 heterocycles. The molecule has 0 unspecified atom stereocenters. The van der Waals surface area contributed by atoms with Crippen molar-refractivity contribution in [3.8, 4) is 0 Å². The highest BCUT2D eigenvalue weighted by Gasteiger charge is 2.26. The third-order valence-electron chi connectivity index (χ3n) is 3.46. The van der Waals surface area contributed by atoms with Gasteiger partial charge < -0.3 is 10.4 Å². The Kier molecular flexibility index (Phi) is 5.50. The van der Waals surface area contributed by atoms with E-state index >= 15 is 0 Å². The van der Waals surface area contributed by atoms with Crippen molar-refractivity contribution < 1.29 is 14.7 Å². The van der Waals surface area contributed by atoms with Gasteiger partial charge in [0.1, 0.15) is 10.9 Å². The van der Waals surface area contributed by atoms with Crippen molar-refractivity contribution in [2.24, 2.45) is 5.92 Å². The zero-order valence-corrected chi connectivity index (χ0v) is 14.2. The molecule has 5 nitrogen and oxygen atoms in total. The Balaban J connectivity index is 2.14. The first-order chi connectivity index (χ1) is 10.9. The fraction of sp³-hybridized carbons (Fsp3) is 0.353. The van der Waals surface area contributed by atoms with Crippen molar-refractivity contribution in [2.75, 3.05) is 0 Å². The number of thiazole rings is 1. The van der Waals surface area contributed by atoms with Crippen LogP contribution in [0, 0.1) is 12.8 Å². The van der Waals surface area contributed by atoms with Crippen molar-refractivity contribution in [1.82, 2.24) is 10.3 Å². The number of nitrogens with one attached hydrogen (secondary N) is 1. The molecule has 0 aliphatic carbocycles. The average molecular weight is 332 g/mol. The lowest BCUT2D eigenvalue weighted by molar-refractivity contribution is -0.140. The van der Waals surface area contributed by atoms with E-state index in [0.717, 1.165) is 10.6 Å². The number of aryl methyl sites for hydroxylation is 1. The molecule has 0 radical (unpaired) electrons. The Hall–Kier alpha value is -2.21. The van der Waals surface area contributed by atoms with Crippen molar-refractivity contribution in [3.05, 3.63) is 51.5 Å². The maximum atomic E-state index is 12.3. The Labute approximate surface area is 139 Å². The molecule has 0 bridgehead atoms. The topological polar surface area (TPSA) is 79.3 Å². The van der Waals surface area contributed by atoms with Crippen LogP contribution in [0.4, 0.5) is 0 Å². The first-order valence-electron chi connectivity index (χ1n) is 7.42. The molecular formula is C17H20N2O3S. The van der Waals surface area contributed by atoms with Crippen LogP contribution >= 0.6 is 11.3 Å². The summed E-state index contributed by atoms with van der Waals surface area (Å²) in [6, 6.07) is 8.99. The first kappa shape index (κ1) is 17.1. The molecule has 2 rings (SSSR count). The van der Waals surface area contributed by atoms with E-state index in [1.165, 1.54) is 11.3 Å². The molecule has 1 atom stereocenters. The summed E-state index contributed by atoms with van der Waals surface area (Å²) in [5.41, 5.74) is 1.75. The van der Waals surface area contributed by atoms with Gasteiger partial charge in [0, 0.05) is 6.42 Å². The van der Waals surface area contributed by atoms with E-state index in [4.69, 9.17) is 0 Å². The van der Waals surface area contributed by atoms with Crippen LogP contribution in [0.2, 0.25) is 0 Å². The highest BCUT2D eigenvalue weighted by Crippen LogP contribution is 2.21. The fourth-order valence-corrected chi connectivity index (χ4v) is 3.23. The number of rotatable bonds is 6. The van der Waals surface area contributed by atoms with Crippen molar-refractivity contribution in [2.45, 2.75) is 33.2 Å². The van der Waals surface area contributed by atoms with Crippen LogP contribution < -0.4 is 5.32 Å². The maximum Gasteiger partial charge on any atom is 0.326 e. The molecule has 0 aliphatic heterocycles. The number of amides is 1. The lowest BCUT2D eigenvalue weighted by Gasteiger charge is -2.17. The second-order valence-corrected chi connectivity index (χ2v) is 6.80. The molecule has 0 spiro atoms. The second-order valence-electron chi connectivity index (χ2n) is 5.72. The molecule has 0 aliphatic rings. The largest absolute Gasteiger partial charge is 0.480 e. The predicted octanol–water partition coefficient (Wildman–Crippen LogP) is 2.88. The van der Waals surface area contributed by atoms with Gasteiger partial charge in [-0.2, -0.15) is 0 Å². The summed E-state index contributed by atoms with van der Waals surface area (Å²) in [7, 11) is 0. The van der Waals surface area contributed by atoms with Crippen LogP contribution in [0.15, 0.2) is 30.3 Å². The summed E-state index contributed by atoms with van der Waals surface area (Å²) < 4.78 is 0. The molecule has 0 saturated heterocycles. The third kappa shape index (κ3) is 4.39. The van der Waals surface area contributed by atoms with Gasteiger partial charge in [0.2, 0.25) is 0 Å². The minimum Gasteiger partial charge on any atom is -0.480 e. The van der Waals surface area contributed by atoms with Crippen LogP contribution in [0.1, 0.15) is 39.8 Å². The molecular weight excluding hydrogens is 312 g/mol. The molecule has 6 heteroatoms.